The van der Waals surface area contributed by atoms with Gasteiger partial charge in [0.15, 0.2) is 11.5 Å². The summed E-state index contributed by atoms with van der Waals surface area (Å²) in [4.78, 5) is 14.8. The Balaban J connectivity index is 1.56. The molecular weight excluding hydrogens is 370 g/mol. The summed E-state index contributed by atoms with van der Waals surface area (Å²) in [6, 6.07) is 12.7. The predicted octanol–water partition coefficient (Wildman–Crippen LogP) is 3.36. The first kappa shape index (κ1) is 18.1. The SMILES string of the molecule is COc1ccccc1OCCN1C(=O)C2(OCCCO2)c2cc(Cl)ccc21. The summed E-state index contributed by atoms with van der Waals surface area (Å²) in [5.74, 6) is -0.373. The van der Waals surface area contributed by atoms with Crippen LogP contribution in [-0.2, 0) is 20.1 Å². The third-order valence-electron chi connectivity index (χ3n) is 4.67. The van der Waals surface area contributed by atoms with Gasteiger partial charge >= 0.3 is 0 Å². The molecule has 2 aliphatic rings. The molecule has 0 aliphatic carbocycles. The van der Waals surface area contributed by atoms with Crippen molar-refractivity contribution < 1.29 is 23.7 Å². The fourth-order valence-electron chi connectivity index (χ4n) is 3.43. The maximum absolute atomic E-state index is 13.2. The largest absolute Gasteiger partial charge is 0.493 e. The number of rotatable bonds is 5. The number of halogens is 1. The molecule has 0 unspecified atom stereocenters. The van der Waals surface area contributed by atoms with Crippen LogP contribution in [0.15, 0.2) is 42.5 Å². The van der Waals surface area contributed by atoms with Gasteiger partial charge in [0.05, 0.1) is 32.6 Å². The monoisotopic (exact) mass is 389 g/mol. The quantitative estimate of drug-likeness (QED) is 0.784. The number of hydrogen-bond donors (Lipinski definition) is 0. The Hall–Kier alpha value is -2.28. The van der Waals surface area contributed by atoms with Gasteiger partial charge < -0.3 is 23.8 Å². The minimum atomic E-state index is -1.40. The van der Waals surface area contributed by atoms with E-state index in [9.17, 15) is 4.79 Å². The number of hydrogen-bond acceptors (Lipinski definition) is 5. The third kappa shape index (κ3) is 3.14. The van der Waals surface area contributed by atoms with Crippen LogP contribution in [0.4, 0.5) is 5.69 Å². The lowest BCUT2D eigenvalue weighted by Gasteiger charge is -2.32. The van der Waals surface area contributed by atoms with Gasteiger partial charge in [-0.2, -0.15) is 0 Å². The second-order valence-electron chi connectivity index (χ2n) is 6.28. The second-order valence-corrected chi connectivity index (χ2v) is 6.72. The van der Waals surface area contributed by atoms with Crippen LogP contribution in [0.5, 0.6) is 11.5 Å². The Kier molecular flexibility index (Phi) is 4.95. The highest BCUT2D eigenvalue weighted by Crippen LogP contribution is 2.46. The first-order valence-electron chi connectivity index (χ1n) is 8.81. The van der Waals surface area contributed by atoms with Gasteiger partial charge in [0, 0.05) is 10.6 Å². The number of methoxy groups -OCH3 is 1. The molecule has 2 aromatic carbocycles. The van der Waals surface area contributed by atoms with E-state index in [1.807, 2.05) is 30.3 Å². The Morgan fingerprint density at radius 1 is 1.15 bits per heavy atom. The second kappa shape index (κ2) is 7.38. The molecule has 27 heavy (non-hydrogen) atoms. The molecule has 6 nitrogen and oxygen atoms in total. The standard InChI is InChI=1S/C20H20ClNO5/c1-24-17-5-2-3-6-18(17)25-12-9-22-16-8-7-14(21)13-15(16)20(19(22)23)26-10-4-11-27-20/h2-3,5-8,13H,4,9-12H2,1H3. The number of carbonyl (C=O) groups excluding carboxylic acids is 1. The topological polar surface area (TPSA) is 57.2 Å². The lowest BCUT2D eigenvalue weighted by molar-refractivity contribution is -0.256. The molecule has 0 radical (unpaired) electrons. The number of benzene rings is 2. The Morgan fingerprint density at radius 2 is 1.89 bits per heavy atom. The summed E-state index contributed by atoms with van der Waals surface area (Å²) in [7, 11) is 1.59. The van der Waals surface area contributed by atoms with Crippen molar-refractivity contribution in [2.75, 3.05) is 38.4 Å². The highest BCUT2D eigenvalue weighted by Gasteiger charge is 2.54. The van der Waals surface area contributed by atoms with Gasteiger partial charge in [-0.3, -0.25) is 4.79 Å². The molecule has 4 rings (SSSR count). The Bertz CT molecular complexity index is 850. The van der Waals surface area contributed by atoms with Crippen LogP contribution < -0.4 is 14.4 Å². The Labute approximate surface area is 162 Å². The van der Waals surface area contributed by atoms with Crippen molar-refractivity contribution in [1.29, 1.82) is 0 Å². The van der Waals surface area contributed by atoms with E-state index >= 15 is 0 Å². The smallest absolute Gasteiger partial charge is 0.292 e. The third-order valence-corrected chi connectivity index (χ3v) is 4.91. The van der Waals surface area contributed by atoms with Gasteiger partial charge in [0.25, 0.3) is 11.7 Å². The van der Waals surface area contributed by atoms with E-state index in [4.69, 9.17) is 30.5 Å². The zero-order valence-corrected chi connectivity index (χ0v) is 15.7. The van der Waals surface area contributed by atoms with Crippen LogP contribution in [0.1, 0.15) is 12.0 Å². The number of fused-ring (bicyclic) bond motifs is 2. The van der Waals surface area contributed by atoms with Crippen molar-refractivity contribution in [2.24, 2.45) is 0 Å². The van der Waals surface area contributed by atoms with Crippen molar-refractivity contribution in [1.82, 2.24) is 0 Å². The van der Waals surface area contributed by atoms with E-state index in [1.165, 1.54) is 0 Å². The van der Waals surface area contributed by atoms with Crippen LogP contribution in [0.2, 0.25) is 5.02 Å². The van der Waals surface area contributed by atoms with Gasteiger partial charge in [-0.25, -0.2) is 0 Å². The van der Waals surface area contributed by atoms with Gasteiger partial charge in [-0.15, -0.1) is 0 Å². The fraction of sp³-hybridized carbons (Fsp3) is 0.350. The van der Waals surface area contributed by atoms with Gasteiger partial charge in [-0.05, 0) is 36.8 Å². The molecule has 2 heterocycles. The van der Waals surface area contributed by atoms with Crippen LogP contribution in [0.3, 0.4) is 0 Å². The summed E-state index contributed by atoms with van der Waals surface area (Å²) in [5.41, 5.74) is 1.38. The van der Waals surface area contributed by atoms with Gasteiger partial charge in [0.1, 0.15) is 6.61 Å². The Morgan fingerprint density at radius 3 is 2.63 bits per heavy atom. The molecular formula is C20H20ClNO5. The molecule has 7 heteroatoms. The fourth-order valence-corrected chi connectivity index (χ4v) is 3.60. The zero-order chi connectivity index (χ0) is 18.9. The summed E-state index contributed by atoms with van der Waals surface area (Å²) in [5, 5.41) is 0.533. The molecule has 0 atom stereocenters. The molecule has 0 saturated carbocycles. The van der Waals surface area contributed by atoms with Gasteiger partial charge in [0.2, 0.25) is 0 Å². The molecule has 1 spiro atoms. The summed E-state index contributed by atoms with van der Waals surface area (Å²) < 4.78 is 22.8. The van der Waals surface area contributed by atoms with E-state index in [0.29, 0.717) is 48.5 Å². The summed E-state index contributed by atoms with van der Waals surface area (Å²) in [6.45, 7) is 1.57. The van der Waals surface area contributed by atoms with E-state index in [0.717, 1.165) is 12.1 Å². The van der Waals surface area contributed by atoms with Gasteiger partial charge in [-0.1, -0.05) is 23.7 Å². The molecule has 142 valence electrons. The highest BCUT2D eigenvalue weighted by atomic mass is 35.5. The molecule has 0 N–H and O–H groups in total. The number of carbonyl (C=O) groups is 1. The zero-order valence-electron chi connectivity index (χ0n) is 14.9. The van der Waals surface area contributed by atoms with Crippen molar-refractivity contribution in [3.05, 3.63) is 53.1 Å². The maximum Gasteiger partial charge on any atom is 0.292 e. The first-order valence-corrected chi connectivity index (χ1v) is 9.19. The minimum absolute atomic E-state index is 0.247. The maximum atomic E-state index is 13.2. The summed E-state index contributed by atoms with van der Waals surface area (Å²) >= 11 is 6.16. The molecule has 0 bridgehead atoms. The number of anilines is 1. The van der Waals surface area contributed by atoms with E-state index in [1.54, 1.807) is 24.1 Å². The summed E-state index contributed by atoms with van der Waals surface area (Å²) in [6.07, 6.45) is 0.752. The average molecular weight is 390 g/mol. The molecule has 0 aromatic heterocycles. The highest BCUT2D eigenvalue weighted by molar-refractivity contribution is 6.31. The lowest BCUT2D eigenvalue weighted by atomic mass is 10.1. The predicted molar refractivity (Wildman–Crippen MR) is 100 cm³/mol. The lowest BCUT2D eigenvalue weighted by Crippen LogP contribution is -2.48. The first-order chi connectivity index (χ1) is 13.2. The van der Waals surface area contributed by atoms with E-state index in [2.05, 4.69) is 0 Å². The number of ether oxygens (including phenoxy) is 4. The number of para-hydroxylation sites is 2. The van der Waals surface area contributed by atoms with E-state index < -0.39 is 5.79 Å². The van der Waals surface area contributed by atoms with Crippen molar-refractivity contribution in [3.8, 4) is 11.5 Å². The van der Waals surface area contributed by atoms with Crippen molar-refractivity contribution in [2.45, 2.75) is 12.2 Å². The molecule has 2 aliphatic heterocycles. The number of nitrogens with zero attached hydrogens (tertiary/aromatic N) is 1. The molecule has 1 amide bonds. The van der Waals surface area contributed by atoms with Crippen LogP contribution in [-0.4, -0.2) is 39.4 Å². The van der Waals surface area contributed by atoms with Crippen molar-refractivity contribution >= 4 is 23.2 Å². The van der Waals surface area contributed by atoms with Crippen molar-refractivity contribution in [3.63, 3.8) is 0 Å². The molecule has 1 fully saturated rings. The van der Waals surface area contributed by atoms with Crippen LogP contribution in [0.25, 0.3) is 0 Å². The minimum Gasteiger partial charge on any atom is -0.493 e. The number of amides is 1. The normalized spacial score (nSPS) is 17.9. The molecule has 2 aromatic rings. The average Bonchev–Trinajstić information content (AvgIpc) is 2.91. The van der Waals surface area contributed by atoms with Crippen LogP contribution in [0, 0.1) is 0 Å². The van der Waals surface area contributed by atoms with E-state index in [-0.39, 0.29) is 5.91 Å². The van der Waals surface area contributed by atoms with Crippen LogP contribution >= 0.6 is 11.6 Å². The molecule has 1 saturated heterocycles.